The number of rotatable bonds is 1. The first kappa shape index (κ1) is 12.9. The van der Waals surface area contributed by atoms with E-state index in [0.717, 1.165) is 6.42 Å². The molecule has 6 heteroatoms. The van der Waals surface area contributed by atoms with Crippen molar-refractivity contribution < 1.29 is 14.7 Å². The molecular formula is C12H13BrN2O3. The molecule has 0 radical (unpaired) electrons. The van der Waals surface area contributed by atoms with Crippen molar-refractivity contribution in [3.63, 3.8) is 0 Å². The van der Waals surface area contributed by atoms with E-state index >= 15 is 0 Å². The molecule has 1 aliphatic rings. The summed E-state index contributed by atoms with van der Waals surface area (Å²) in [5, 5.41) is 12.3. The maximum atomic E-state index is 12.2. The van der Waals surface area contributed by atoms with Gasteiger partial charge in [0.25, 0.3) is 5.91 Å². The lowest BCUT2D eigenvalue weighted by Gasteiger charge is -2.19. The number of aromatic hydroxyl groups is 1. The Morgan fingerprint density at radius 3 is 2.94 bits per heavy atom. The highest BCUT2D eigenvalue weighted by Crippen LogP contribution is 2.25. The van der Waals surface area contributed by atoms with Gasteiger partial charge in [0.15, 0.2) is 0 Å². The van der Waals surface area contributed by atoms with Crippen molar-refractivity contribution in [2.24, 2.45) is 0 Å². The summed E-state index contributed by atoms with van der Waals surface area (Å²) >= 11 is 3.16. The Balaban J connectivity index is 2.19. The molecule has 0 saturated carbocycles. The van der Waals surface area contributed by atoms with Crippen molar-refractivity contribution in [3.05, 3.63) is 28.2 Å². The summed E-state index contributed by atoms with van der Waals surface area (Å²) in [5.74, 6) is -0.378. The van der Waals surface area contributed by atoms with Crippen LogP contribution < -0.4 is 5.32 Å². The second kappa shape index (κ2) is 5.39. The lowest BCUT2D eigenvalue weighted by atomic mass is 10.2. The van der Waals surface area contributed by atoms with Crippen molar-refractivity contribution in [2.75, 3.05) is 19.6 Å². The van der Waals surface area contributed by atoms with Crippen LogP contribution in [0.5, 0.6) is 5.75 Å². The molecule has 1 saturated heterocycles. The SMILES string of the molecule is O=C1CN(C(=O)c2ccc(Br)c(O)c2)CCCN1. The third-order valence-electron chi connectivity index (χ3n) is 2.74. The maximum Gasteiger partial charge on any atom is 0.254 e. The van der Waals surface area contributed by atoms with Crippen LogP contribution in [0.3, 0.4) is 0 Å². The van der Waals surface area contributed by atoms with Crippen LogP contribution in [0, 0.1) is 0 Å². The Kier molecular flexibility index (Phi) is 3.86. The normalized spacial score (nSPS) is 16.1. The quantitative estimate of drug-likeness (QED) is 0.816. The Labute approximate surface area is 113 Å². The average Bonchev–Trinajstić information content (AvgIpc) is 2.56. The molecule has 1 aliphatic heterocycles. The van der Waals surface area contributed by atoms with Crippen molar-refractivity contribution in [1.82, 2.24) is 10.2 Å². The van der Waals surface area contributed by atoms with Gasteiger partial charge >= 0.3 is 0 Å². The van der Waals surface area contributed by atoms with Crippen molar-refractivity contribution in [2.45, 2.75) is 6.42 Å². The molecule has 2 N–H and O–H groups in total. The Hall–Kier alpha value is -1.56. The highest BCUT2D eigenvalue weighted by Gasteiger charge is 2.21. The summed E-state index contributed by atoms with van der Waals surface area (Å²) in [4.78, 5) is 25.1. The van der Waals surface area contributed by atoms with Crippen molar-refractivity contribution in [3.8, 4) is 5.75 Å². The van der Waals surface area contributed by atoms with Crippen LogP contribution in [0.1, 0.15) is 16.8 Å². The van der Waals surface area contributed by atoms with Crippen LogP contribution in [-0.4, -0.2) is 41.5 Å². The second-order valence-corrected chi connectivity index (χ2v) is 4.95. The van der Waals surface area contributed by atoms with Gasteiger partial charge in [0.2, 0.25) is 5.91 Å². The number of amides is 2. The number of benzene rings is 1. The molecule has 0 unspecified atom stereocenters. The van der Waals surface area contributed by atoms with E-state index in [0.29, 0.717) is 23.1 Å². The molecule has 96 valence electrons. The van der Waals surface area contributed by atoms with E-state index in [9.17, 15) is 14.7 Å². The average molecular weight is 313 g/mol. The van der Waals surface area contributed by atoms with Crippen LogP contribution in [0.4, 0.5) is 0 Å². The summed E-state index contributed by atoms with van der Waals surface area (Å²) < 4.78 is 0.535. The topological polar surface area (TPSA) is 69.6 Å². The van der Waals surface area contributed by atoms with Gasteiger partial charge in [-0.25, -0.2) is 0 Å². The number of hydrogen-bond acceptors (Lipinski definition) is 3. The maximum absolute atomic E-state index is 12.2. The van der Waals surface area contributed by atoms with Crippen LogP contribution >= 0.6 is 15.9 Å². The second-order valence-electron chi connectivity index (χ2n) is 4.10. The predicted molar refractivity (Wildman–Crippen MR) is 69.3 cm³/mol. The predicted octanol–water partition coefficient (Wildman–Crippen LogP) is 1.12. The minimum absolute atomic E-state index is 0.0140. The van der Waals surface area contributed by atoms with Gasteiger partial charge in [-0.1, -0.05) is 0 Å². The van der Waals surface area contributed by atoms with Gasteiger partial charge in [-0.3, -0.25) is 9.59 Å². The first-order valence-corrected chi connectivity index (χ1v) is 6.42. The third-order valence-corrected chi connectivity index (χ3v) is 3.41. The molecule has 0 aromatic heterocycles. The van der Waals surface area contributed by atoms with Gasteiger partial charge in [0.1, 0.15) is 5.75 Å². The van der Waals surface area contributed by atoms with E-state index in [-0.39, 0.29) is 24.1 Å². The summed E-state index contributed by atoms with van der Waals surface area (Å²) in [6, 6.07) is 4.63. The smallest absolute Gasteiger partial charge is 0.254 e. The number of phenols is 1. The van der Waals surface area contributed by atoms with E-state index in [2.05, 4.69) is 21.2 Å². The number of nitrogens with zero attached hydrogens (tertiary/aromatic N) is 1. The minimum atomic E-state index is -0.241. The largest absolute Gasteiger partial charge is 0.507 e. The highest BCUT2D eigenvalue weighted by atomic mass is 79.9. The molecule has 2 amide bonds. The molecule has 1 heterocycles. The molecule has 1 aromatic rings. The Morgan fingerprint density at radius 1 is 1.44 bits per heavy atom. The molecule has 5 nitrogen and oxygen atoms in total. The number of halogens is 1. The van der Waals surface area contributed by atoms with E-state index in [1.54, 1.807) is 12.1 Å². The van der Waals surface area contributed by atoms with Gasteiger partial charge in [-0.2, -0.15) is 0 Å². The molecule has 0 aliphatic carbocycles. The molecule has 0 bridgehead atoms. The lowest BCUT2D eigenvalue weighted by Crippen LogP contribution is -2.37. The minimum Gasteiger partial charge on any atom is -0.507 e. The van der Waals surface area contributed by atoms with Gasteiger partial charge in [0, 0.05) is 18.7 Å². The van der Waals surface area contributed by atoms with Crippen LogP contribution in [-0.2, 0) is 4.79 Å². The number of hydrogen-bond donors (Lipinski definition) is 2. The highest BCUT2D eigenvalue weighted by molar-refractivity contribution is 9.10. The fourth-order valence-corrected chi connectivity index (χ4v) is 2.05. The summed E-state index contributed by atoms with van der Waals surface area (Å²) in [6.07, 6.45) is 0.736. The number of nitrogens with one attached hydrogen (secondary N) is 1. The Morgan fingerprint density at radius 2 is 2.22 bits per heavy atom. The molecule has 2 rings (SSSR count). The van der Waals surface area contributed by atoms with Gasteiger partial charge in [-0.05, 0) is 40.5 Å². The number of carbonyl (C=O) groups excluding carboxylic acids is 2. The van der Waals surface area contributed by atoms with E-state index in [1.165, 1.54) is 11.0 Å². The van der Waals surface area contributed by atoms with Crippen LogP contribution in [0.15, 0.2) is 22.7 Å². The van der Waals surface area contributed by atoms with E-state index in [1.807, 2.05) is 0 Å². The van der Waals surface area contributed by atoms with Gasteiger partial charge in [-0.15, -0.1) is 0 Å². The van der Waals surface area contributed by atoms with Crippen LogP contribution in [0.2, 0.25) is 0 Å². The van der Waals surface area contributed by atoms with Crippen molar-refractivity contribution >= 4 is 27.7 Å². The van der Waals surface area contributed by atoms with E-state index in [4.69, 9.17) is 0 Å². The molecule has 0 atom stereocenters. The fourth-order valence-electron chi connectivity index (χ4n) is 1.81. The summed E-state index contributed by atoms with van der Waals surface area (Å²) in [6.45, 7) is 1.19. The first-order valence-electron chi connectivity index (χ1n) is 5.62. The lowest BCUT2D eigenvalue weighted by molar-refractivity contribution is -0.121. The third kappa shape index (κ3) is 2.81. The Bertz CT molecular complexity index is 490. The fraction of sp³-hybridized carbons (Fsp3) is 0.333. The van der Waals surface area contributed by atoms with Gasteiger partial charge in [0.05, 0.1) is 11.0 Å². The molecule has 0 spiro atoms. The zero-order valence-electron chi connectivity index (χ0n) is 9.65. The van der Waals surface area contributed by atoms with Gasteiger partial charge < -0.3 is 15.3 Å². The molecular weight excluding hydrogens is 300 g/mol. The molecule has 1 fully saturated rings. The number of phenolic OH excluding ortho intramolecular Hbond substituents is 1. The number of carbonyl (C=O) groups is 2. The molecule has 18 heavy (non-hydrogen) atoms. The first-order chi connectivity index (χ1) is 8.58. The van der Waals surface area contributed by atoms with Crippen molar-refractivity contribution in [1.29, 1.82) is 0 Å². The zero-order chi connectivity index (χ0) is 13.1. The monoisotopic (exact) mass is 312 g/mol. The standard InChI is InChI=1S/C12H13BrN2O3/c13-9-3-2-8(6-10(9)16)12(18)15-5-1-4-14-11(17)7-15/h2-3,6,16H,1,4-5,7H2,(H,14,17). The zero-order valence-corrected chi connectivity index (χ0v) is 11.2. The molecule has 1 aromatic carbocycles. The summed E-state index contributed by atoms with van der Waals surface area (Å²) in [7, 11) is 0. The van der Waals surface area contributed by atoms with Crippen LogP contribution in [0.25, 0.3) is 0 Å². The van der Waals surface area contributed by atoms with E-state index < -0.39 is 0 Å². The summed E-state index contributed by atoms with van der Waals surface area (Å²) in [5.41, 5.74) is 0.380.